The lowest BCUT2D eigenvalue weighted by atomic mass is 10.2. The minimum atomic E-state index is -0.658. The van der Waals surface area contributed by atoms with Gasteiger partial charge in [-0.1, -0.05) is 18.2 Å². The van der Waals surface area contributed by atoms with Crippen molar-refractivity contribution in [3.63, 3.8) is 0 Å². The lowest BCUT2D eigenvalue weighted by Gasteiger charge is -2.06. The smallest absolute Gasteiger partial charge is 0.343 e. The molecule has 1 aromatic carbocycles. The molecule has 0 atom stereocenters. The number of ketones is 1. The molecule has 0 aliphatic rings. The summed E-state index contributed by atoms with van der Waals surface area (Å²) in [5.41, 5.74) is 0.394. The van der Waals surface area contributed by atoms with Gasteiger partial charge in [0, 0.05) is 12.3 Å². The van der Waals surface area contributed by atoms with Gasteiger partial charge in [0.15, 0.2) is 11.5 Å². The van der Waals surface area contributed by atoms with Crippen LogP contribution in [0.2, 0.25) is 0 Å². The number of rotatable bonds is 4. The van der Waals surface area contributed by atoms with E-state index >= 15 is 0 Å². The summed E-state index contributed by atoms with van der Waals surface area (Å²) in [4.78, 5) is 35.5. The average Bonchev–Trinajstić information content (AvgIpc) is 2.91. The molecule has 0 spiro atoms. The summed E-state index contributed by atoms with van der Waals surface area (Å²) in [5, 5.41) is 1.44. The van der Waals surface area contributed by atoms with Crippen LogP contribution in [0.3, 0.4) is 0 Å². The van der Waals surface area contributed by atoms with Gasteiger partial charge in [0.05, 0.1) is 12.7 Å². The van der Waals surface area contributed by atoms with Crippen LogP contribution in [0, 0.1) is 0 Å². The zero-order valence-electron chi connectivity index (χ0n) is 11.4. The summed E-state index contributed by atoms with van der Waals surface area (Å²) in [7, 11) is 1.22. The van der Waals surface area contributed by atoms with E-state index < -0.39 is 11.9 Å². The number of carbonyl (C=O) groups is 3. The molecule has 0 unspecified atom stereocenters. The third-order valence-corrected chi connectivity index (χ3v) is 3.74. The van der Waals surface area contributed by atoms with Crippen LogP contribution in [0.4, 0.5) is 0 Å². The minimum Gasteiger partial charge on any atom is -0.465 e. The van der Waals surface area contributed by atoms with Crippen molar-refractivity contribution in [3.8, 4) is 5.75 Å². The van der Waals surface area contributed by atoms with Crippen LogP contribution in [0.25, 0.3) is 0 Å². The maximum Gasteiger partial charge on any atom is 0.343 e. The highest BCUT2D eigenvalue weighted by Crippen LogP contribution is 2.32. The van der Waals surface area contributed by atoms with E-state index in [0.717, 1.165) is 11.3 Å². The first-order valence-electron chi connectivity index (χ1n) is 6.02. The second-order valence-corrected chi connectivity index (χ2v) is 4.99. The topological polar surface area (TPSA) is 69.7 Å². The highest BCUT2D eigenvalue weighted by molar-refractivity contribution is 7.12. The number of methoxy groups -OCH3 is 1. The first-order valence-corrected chi connectivity index (χ1v) is 6.90. The molecule has 0 radical (unpaired) electrons. The summed E-state index contributed by atoms with van der Waals surface area (Å²) in [5.74, 6) is -1.63. The minimum absolute atomic E-state index is 0.0480. The second-order valence-electron chi connectivity index (χ2n) is 4.11. The Morgan fingerprint density at radius 2 is 1.71 bits per heavy atom. The molecule has 0 N–H and O–H groups in total. The van der Waals surface area contributed by atoms with Gasteiger partial charge in [0.25, 0.3) is 0 Å². The van der Waals surface area contributed by atoms with E-state index in [4.69, 9.17) is 4.74 Å². The van der Waals surface area contributed by atoms with E-state index in [9.17, 15) is 14.4 Å². The molecule has 0 amide bonds. The number of Topliss-reactive ketones (excluding diaryl/α,β-unsaturated/α-hetero) is 1. The van der Waals surface area contributed by atoms with Gasteiger partial charge in [-0.3, -0.25) is 4.79 Å². The lowest BCUT2D eigenvalue weighted by molar-refractivity contribution is 0.0594. The maximum atomic E-state index is 12.1. The molecule has 6 heteroatoms. The Morgan fingerprint density at radius 1 is 1.05 bits per heavy atom. The van der Waals surface area contributed by atoms with E-state index in [1.54, 1.807) is 30.3 Å². The Morgan fingerprint density at radius 3 is 2.29 bits per heavy atom. The van der Waals surface area contributed by atoms with Crippen LogP contribution < -0.4 is 4.74 Å². The molecule has 2 aromatic rings. The summed E-state index contributed by atoms with van der Waals surface area (Å²) >= 11 is 1.04. The Balaban J connectivity index is 2.38. The molecule has 1 heterocycles. The fourth-order valence-electron chi connectivity index (χ4n) is 1.67. The molecule has 21 heavy (non-hydrogen) atoms. The van der Waals surface area contributed by atoms with Gasteiger partial charge in [-0.05, 0) is 12.1 Å². The van der Waals surface area contributed by atoms with Crippen LogP contribution in [-0.4, -0.2) is 24.8 Å². The first kappa shape index (κ1) is 14.9. The summed E-state index contributed by atoms with van der Waals surface area (Å²) in [6.07, 6.45) is 0. The van der Waals surface area contributed by atoms with Gasteiger partial charge >= 0.3 is 11.9 Å². The van der Waals surface area contributed by atoms with Gasteiger partial charge < -0.3 is 9.47 Å². The molecule has 0 aliphatic carbocycles. The summed E-state index contributed by atoms with van der Waals surface area (Å²) in [6.45, 7) is 1.34. The molecule has 0 bridgehead atoms. The predicted molar refractivity (Wildman–Crippen MR) is 77.1 cm³/mol. The number of esters is 2. The fraction of sp³-hybridized carbons (Fsp3) is 0.133. The van der Waals surface area contributed by atoms with Crippen molar-refractivity contribution in [2.24, 2.45) is 0 Å². The Kier molecular flexibility index (Phi) is 4.49. The molecular weight excluding hydrogens is 292 g/mol. The molecule has 0 aliphatic heterocycles. The van der Waals surface area contributed by atoms with E-state index in [1.807, 2.05) is 0 Å². The zero-order valence-corrected chi connectivity index (χ0v) is 12.2. The molecule has 2 rings (SSSR count). The van der Waals surface area contributed by atoms with Gasteiger partial charge in [0.2, 0.25) is 0 Å². The van der Waals surface area contributed by atoms with Crippen molar-refractivity contribution in [2.45, 2.75) is 6.92 Å². The normalized spacial score (nSPS) is 10.0. The molecule has 0 saturated heterocycles. The third-order valence-electron chi connectivity index (χ3n) is 2.67. The van der Waals surface area contributed by atoms with Crippen molar-refractivity contribution in [1.29, 1.82) is 0 Å². The van der Waals surface area contributed by atoms with Crippen molar-refractivity contribution in [3.05, 3.63) is 51.7 Å². The van der Waals surface area contributed by atoms with Crippen molar-refractivity contribution in [2.75, 3.05) is 7.11 Å². The lowest BCUT2D eigenvalue weighted by Crippen LogP contribution is -2.12. The number of benzene rings is 1. The monoisotopic (exact) mass is 304 g/mol. The summed E-state index contributed by atoms with van der Waals surface area (Å²) < 4.78 is 9.86. The van der Waals surface area contributed by atoms with Crippen molar-refractivity contribution < 1.29 is 23.9 Å². The van der Waals surface area contributed by atoms with Crippen LogP contribution in [0.15, 0.2) is 35.7 Å². The highest BCUT2D eigenvalue weighted by atomic mass is 32.1. The van der Waals surface area contributed by atoms with Gasteiger partial charge in [0.1, 0.15) is 10.4 Å². The quantitative estimate of drug-likeness (QED) is 0.641. The first-order chi connectivity index (χ1) is 10.0. The average molecular weight is 304 g/mol. The number of carbonyl (C=O) groups excluding carboxylic acids is 3. The Hall–Kier alpha value is -2.47. The fourth-order valence-corrected chi connectivity index (χ4v) is 2.53. The number of ether oxygens (including phenoxy) is 2. The van der Waals surface area contributed by atoms with Gasteiger partial charge in [-0.25, -0.2) is 9.59 Å². The van der Waals surface area contributed by atoms with E-state index in [2.05, 4.69) is 4.74 Å². The van der Waals surface area contributed by atoms with Crippen molar-refractivity contribution in [1.82, 2.24) is 0 Å². The van der Waals surface area contributed by atoms with Crippen LogP contribution >= 0.6 is 11.3 Å². The van der Waals surface area contributed by atoms with Gasteiger partial charge in [-0.2, -0.15) is 0 Å². The van der Waals surface area contributed by atoms with E-state index in [1.165, 1.54) is 19.4 Å². The Bertz CT molecular complexity index is 687. The Labute approximate surface area is 125 Å². The summed E-state index contributed by atoms with van der Waals surface area (Å²) in [6, 6.07) is 8.32. The SMILES string of the molecule is COC(=O)c1csc(C(C)=O)c1OC(=O)c1ccccc1. The number of hydrogen-bond donors (Lipinski definition) is 0. The zero-order chi connectivity index (χ0) is 15.4. The highest BCUT2D eigenvalue weighted by Gasteiger charge is 2.24. The molecule has 5 nitrogen and oxygen atoms in total. The third kappa shape index (κ3) is 3.17. The number of hydrogen-bond acceptors (Lipinski definition) is 6. The molecule has 108 valence electrons. The van der Waals surface area contributed by atoms with Crippen molar-refractivity contribution >= 4 is 29.1 Å². The number of thiophene rings is 1. The molecular formula is C15H12O5S. The largest absolute Gasteiger partial charge is 0.465 e. The predicted octanol–water partition coefficient (Wildman–Crippen LogP) is 2.96. The maximum absolute atomic E-state index is 12.1. The molecule has 0 fully saturated rings. The van der Waals surface area contributed by atoms with Crippen LogP contribution in [0.5, 0.6) is 5.75 Å². The molecule has 1 aromatic heterocycles. The standard InChI is InChI=1S/C15H12O5S/c1-9(16)13-12(11(8-21-13)15(18)19-2)20-14(17)10-6-4-3-5-7-10/h3-8H,1-2H3. The van der Waals surface area contributed by atoms with Crippen LogP contribution in [0.1, 0.15) is 37.3 Å². The van der Waals surface area contributed by atoms with E-state index in [0.29, 0.717) is 5.56 Å². The van der Waals surface area contributed by atoms with Crippen LogP contribution in [-0.2, 0) is 4.74 Å². The van der Waals surface area contributed by atoms with Gasteiger partial charge in [-0.15, -0.1) is 11.3 Å². The van der Waals surface area contributed by atoms with E-state index in [-0.39, 0.29) is 22.0 Å². The second kappa shape index (κ2) is 6.32. The molecule has 0 saturated carbocycles.